The minimum atomic E-state index is 0.665. The molecule has 0 spiro atoms. The second-order valence-electron chi connectivity index (χ2n) is 8.66. The Hall–Kier alpha value is -1.01. The van der Waals surface area contributed by atoms with Gasteiger partial charge in [0.15, 0.2) is 0 Å². The molecule has 0 aromatic heterocycles. The second-order valence-corrected chi connectivity index (χ2v) is 8.66. The quantitative estimate of drug-likeness (QED) is 0.626. The van der Waals surface area contributed by atoms with Gasteiger partial charge in [0.25, 0.3) is 0 Å². The van der Waals surface area contributed by atoms with E-state index in [0.717, 1.165) is 57.0 Å². The van der Waals surface area contributed by atoms with Crippen LogP contribution >= 0.6 is 0 Å². The van der Waals surface area contributed by atoms with Gasteiger partial charge in [-0.1, -0.05) is 20.8 Å². The molecule has 0 aromatic carbocycles. The molecule has 0 unspecified atom stereocenters. The first-order chi connectivity index (χ1) is 12.0. The average Bonchev–Trinajstić information content (AvgIpc) is 2.60. The zero-order valence-corrected chi connectivity index (χ0v) is 16.5. The third-order valence-electron chi connectivity index (χ3n) is 6.26. The van der Waals surface area contributed by atoms with Gasteiger partial charge in [-0.25, -0.2) is 15.1 Å². The highest BCUT2D eigenvalue weighted by molar-refractivity contribution is 5.76. The fourth-order valence-corrected chi connectivity index (χ4v) is 4.12. The molecule has 0 atom stereocenters. The minimum Gasteiger partial charge on any atom is -0.366 e. The van der Waals surface area contributed by atoms with Gasteiger partial charge in [-0.2, -0.15) is 0 Å². The van der Waals surface area contributed by atoms with E-state index in [2.05, 4.69) is 40.9 Å². The lowest BCUT2D eigenvalue weighted by Crippen LogP contribution is -2.62. The maximum Gasteiger partial charge on any atom is 0.243 e. The van der Waals surface area contributed by atoms with Crippen LogP contribution in [0, 0.1) is 17.8 Å². The molecule has 0 radical (unpaired) electrons. The molecule has 3 heterocycles. The molecule has 3 fully saturated rings. The van der Waals surface area contributed by atoms with Crippen molar-refractivity contribution in [1.82, 2.24) is 20.1 Å². The number of guanidine groups is 1. The molecule has 144 valence electrons. The first kappa shape index (κ1) is 18.8. The van der Waals surface area contributed by atoms with E-state index in [9.17, 15) is 0 Å². The maximum atomic E-state index is 6.57. The summed E-state index contributed by atoms with van der Waals surface area (Å²) in [5.74, 6) is 3.12. The topological polar surface area (TPSA) is 51.3 Å². The van der Waals surface area contributed by atoms with Crippen LogP contribution in [0.15, 0.2) is 5.10 Å². The number of piperidine rings is 3. The highest BCUT2D eigenvalue weighted by atomic mass is 15.9. The van der Waals surface area contributed by atoms with Crippen molar-refractivity contribution in [2.75, 3.05) is 39.3 Å². The molecule has 25 heavy (non-hydrogen) atoms. The number of nitrogens with two attached hydrogens (primary N) is 1. The Kier molecular flexibility index (Phi) is 6.44. The molecular formula is C19H38N6. The molecule has 0 saturated carbocycles. The molecule has 3 aliphatic heterocycles. The Morgan fingerprint density at radius 2 is 1.08 bits per heavy atom. The van der Waals surface area contributed by atoms with Crippen molar-refractivity contribution in [3.8, 4) is 0 Å². The van der Waals surface area contributed by atoms with Gasteiger partial charge in [0.1, 0.15) is 0 Å². The van der Waals surface area contributed by atoms with Gasteiger partial charge >= 0.3 is 0 Å². The monoisotopic (exact) mass is 350 g/mol. The molecule has 2 N–H and O–H groups in total. The van der Waals surface area contributed by atoms with Crippen molar-refractivity contribution in [3.05, 3.63) is 0 Å². The maximum absolute atomic E-state index is 6.57. The van der Waals surface area contributed by atoms with E-state index in [1.54, 1.807) is 0 Å². The number of hydrazone groups is 1. The minimum absolute atomic E-state index is 0.665. The molecule has 0 aromatic rings. The van der Waals surface area contributed by atoms with Crippen LogP contribution in [-0.2, 0) is 0 Å². The van der Waals surface area contributed by atoms with Crippen molar-refractivity contribution in [1.29, 1.82) is 0 Å². The Morgan fingerprint density at radius 1 is 0.720 bits per heavy atom. The fourth-order valence-electron chi connectivity index (χ4n) is 4.12. The van der Waals surface area contributed by atoms with Gasteiger partial charge in [0.05, 0.1) is 0 Å². The van der Waals surface area contributed by atoms with Crippen molar-refractivity contribution >= 4 is 5.96 Å². The first-order valence-corrected chi connectivity index (χ1v) is 10.4. The third kappa shape index (κ3) is 5.00. The molecule has 0 amide bonds. The van der Waals surface area contributed by atoms with Crippen molar-refractivity contribution in [3.63, 3.8) is 0 Å². The SMILES string of the molecule is CC1CCN(N=C(N)N(N2CCC(C)CC2)N2CCC(C)CC2)CC1. The average molecular weight is 351 g/mol. The van der Waals surface area contributed by atoms with Crippen LogP contribution in [0.3, 0.4) is 0 Å². The summed E-state index contributed by atoms with van der Waals surface area (Å²) in [7, 11) is 0. The highest BCUT2D eigenvalue weighted by Gasteiger charge is 2.30. The lowest BCUT2D eigenvalue weighted by Gasteiger charge is -2.47. The lowest BCUT2D eigenvalue weighted by atomic mass is 10.00. The van der Waals surface area contributed by atoms with E-state index in [1.165, 1.54) is 38.5 Å². The summed E-state index contributed by atoms with van der Waals surface area (Å²) in [6, 6.07) is 0. The van der Waals surface area contributed by atoms with E-state index in [-0.39, 0.29) is 0 Å². The van der Waals surface area contributed by atoms with Gasteiger partial charge < -0.3 is 5.73 Å². The summed E-state index contributed by atoms with van der Waals surface area (Å²) in [5.41, 5.74) is 6.57. The molecule has 6 nitrogen and oxygen atoms in total. The second kappa shape index (κ2) is 8.58. The zero-order valence-electron chi connectivity index (χ0n) is 16.5. The van der Waals surface area contributed by atoms with Crippen molar-refractivity contribution < 1.29 is 0 Å². The summed E-state index contributed by atoms with van der Waals surface area (Å²) in [4.78, 5) is 0. The van der Waals surface area contributed by atoms with Crippen LogP contribution in [0.2, 0.25) is 0 Å². The number of hydrogen-bond acceptors (Lipinski definition) is 4. The fraction of sp³-hybridized carbons (Fsp3) is 0.947. The molecule has 6 heteroatoms. The predicted molar refractivity (Wildman–Crippen MR) is 103 cm³/mol. The van der Waals surface area contributed by atoms with E-state index in [1.807, 2.05) is 0 Å². The van der Waals surface area contributed by atoms with Crippen molar-refractivity contribution in [2.24, 2.45) is 28.6 Å². The predicted octanol–water partition coefficient (Wildman–Crippen LogP) is 2.54. The Bertz CT molecular complexity index is 407. The van der Waals surface area contributed by atoms with Crippen molar-refractivity contribution in [2.45, 2.75) is 59.3 Å². The molecular weight excluding hydrogens is 312 g/mol. The van der Waals surface area contributed by atoms with Gasteiger partial charge in [0.2, 0.25) is 5.96 Å². The van der Waals surface area contributed by atoms with Crippen LogP contribution < -0.4 is 5.73 Å². The van der Waals surface area contributed by atoms with Crippen LogP contribution in [0.1, 0.15) is 59.3 Å². The molecule has 0 aliphatic carbocycles. The standard InChI is InChI=1S/C19H38N6/c1-16-4-10-22(11-5-16)21-19(20)25(23-12-6-17(2)7-13-23)24-14-8-18(3)9-15-24/h16-18H,4-15H2,1-3H3,(H2,20,21). The van der Waals surface area contributed by atoms with Crippen LogP contribution in [0.5, 0.6) is 0 Å². The Labute approximate surface area is 153 Å². The number of nitrogens with zero attached hydrogens (tertiary/aromatic N) is 5. The van der Waals surface area contributed by atoms with Crippen LogP contribution in [0.4, 0.5) is 0 Å². The third-order valence-corrected chi connectivity index (χ3v) is 6.26. The van der Waals surface area contributed by atoms with Gasteiger partial charge in [0, 0.05) is 39.3 Å². The largest absolute Gasteiger partial charge is 0.366 e. The number of hydrogen-bond donors (Lipinski definition) is 1. The summed E-state index contributed by atoms with van der Waals surface area (Å²) >= 11 is 0. The van der Waals surface area contributed by atoms with Gasteiger partial charge in [-0.3, -0.25) is 5.01 Å². The normalized spacial score (nSPS) is 27.0. The number of hydrazine groups is 2. The summed E-state index contributed by atoms with van der Waals surface area (Å²) in [5, 5.41) is 14.1. The summed E-state index contributed by atoms with van der Waals surface area (Å²) < 4.78 is 0. The smallest absolute Gasteiger partial charge is 0.243 e. The van der Waals surface area contributed by atoms with E-state index in [4.69, 9.17) is 10.8 Å². The highest BCUT2D eigenvalue weighted by Crippen LogP contribution is 2.23. The molecule has 3 aliphatic rings. The van der Waals surface area contributed by atoms with Crippen LogP contribution in [-0.4, -0.2) is 65.4 Å². The lowest BCUT2D eigenvalue weighted by molar-refractivity contribution is -0.150. The summed E-state index contributed by atoms with van der Waals surface area (Å²) in [6.45, 7) is 13.4. The van der Waals surface area contributed by atoms with Gasteiger partial charge in [-0.15, -0.1) is 5.10 Å². The van der Waals surface area contributed by atoms with Gasteiger partial charge in [-0.05, 0) is 56.3 Å². The summed E-state index contributed by atoms with van der Waals surface area (Å²) in [6.07, 6.45) is 7.42. The molecule has 3 rings (SSSR count). The number of rotatable bonds is 3. The first-order valence-electron chi connectivity index (χ1n) is 10.4. The zero-order chi connectivity index (χ0) is 17.8. The van der Waals surface area contributed by atoms with E-state index in [0.29, 0.717) is 5.96 Å². The Balaban J connectivity index is 1.70. The van der Waals surface area contributed by atoms with E-state index >= 15 is 0 Å². The van der Waals surface area contributed by atoms with Crippen LogP contribution in [0.25, 0.3) is 0 Å². The molecule has 0 bridgehead atoms. The van der Waals surface area contributed by atoms with E-state index < -0.39 is 0 Å². The molecule has 3 saturated heterocycles. The Morgan fingerprint density at radius 3 is 1.48 bits per heavy atom.